The van der Waals surface area contributed by atoms with Gasteiger partial charge in [0.25, 0.3) is 0 Å². The lowest BCUT2D eigenvalue weighted by molar-refractivity contribution is -0.121. The lowest BCUT2D eigenvalue weighted by atomic mass is 9.82. The van der Waals surface area contributed by atoms with Gasteiger partial charge in [-0.1, -0.05) is 32.1 Å². The lowest BCUT2D eigenvalue weighted by Gasteiger charge is -2.26. The van der Waals surface area contributed by atoms with Gasteiger partial charge in [-0.05, 0) is 33.1 Å². The number of unbranched alkanes of at least 4 members (excludes halogenated alkanes) is 5. The van der Waals surface area contributed by atoms with Gasteiger partial charge in [0, 0.05) is 28.2 Å². The summed E-state index contributed by atoms with van der Waals surface area (Å²) in [6.07, 6.45) is 5.33. The van der Waals surface area contributed by atoms with Gasteiger partial charge in [0.05, 0.1) is 35.0 Å². The highest BCUT2D eigenvalue weighted by Gasteiger charge is 2.39. The number of ether oxygens (including phenoxy) is 4. The van der Waals surface area contributed by atoms with Gasteiger partial charge in [-0.15, -0.1) is 0 Å². The summed E-state index contributed by atoms with van der Waals surface area (Å²) < 4.78 is 36.4. The molecule has 13 heteroatoms. The molecule has 0 fully saturated rings. The number of phosphoric acid groups is 1. The maximum Gasteiger partial charge on any atom is 0.469 e. The number of ketones is 4. The van der Waals surface area contributed by atoms with Gasteiger partial charge in [0.15, 0.2) is 0 Å². The normalized spacial score (nSPS) is 17.6. The smallest absolute Gasteiger partial charge is 0.469 e. The van der Waals surface area contributed by atoms with E-state index in [0.29, 0.717) is 36.8 Å². The molecule has 0 aromatic rings. The van der Waals surface area contributed by atoms with E-state index in [1.54, 1.807) is 6.92 Å². The molecule has 0 saturated carbocycles. The number of carbonyl (C=O) groups excluding carboxylic acids is 4. The highest BCUT2D eigenvalue weighted by atomic mass is 31.2. The molecule has 228 valence electrons. The summed E-state index contributed by atoms with van der Waals surface area (Å²) in [5.41, 5.74) is 1.01. The Morgan fingerprint density at radius 1 is 0.634 bits per heavy atom. The van der Waals surface area contributed by atoms with Gasteiger partial charge in [-0.3, -0.25) is 23.7 Å². The number of allylic oxidation sites excluding steroid dienone is 4. The van der Waals surface area contributed by atoms with Gasteiger partial charge in [0.2, 0.25) is 46.2 Å². The summed E-state index contributed by atoms with van der Waals surface area (Å²) in [7, 11) is 0.322. The Morgan fingerprint density at radius 3 is 1.59 bits per heavy atom. The first-order chi connectivity index (χ1) is 19.3. The molecule has 0 heterocycles. The Morgan fingerprint density at radius 2 is 1.07 bits per heavy atom. The molecule has 1 unspecified atom stereocenters. The van der Waals surface area contributed by atoms with Crippen LogP contribution in [0.25, 0.3) is 0 Å². The minimum Gasteiger partial charge on any atom is -0.489 e. The Labute approximate surface area is 239 Å². The molecule has 0 bridgehead atoms. The maximum absolute atomic E-state index is 13.1. The number of hydrogen-bond donors (Lipinski definition) is 2. The molecule has 0 aromatic heterocycles. The minimum atomic E-state index is -4.81. The molecule has 0 aliphatic heterocycles. The predicted molar refractivity (Wildman–Crippen MR) is 146 cm³/mol. The van der Waals surface area contributed by atoms with E-state index in [4.69, 9.17) is 23.5 Å². The van der Waals surface area contributed by atoms with Gasteiger partial charge < -0.3 is 28.7 Å². The lowest BCUT2D eigenvalue weighted by Crippen LogP contribution is -2.30. The highest BCUT2D eigenvalue weighted by Crippen LogP contribution is 2.40. The van der Waals surface area contributed by atoms with Crippen molar-refractivity contribution >= 4 is 31.0 Å². The Bertz CT molecular complexity index is 1230. The number of rotatable bonds is 17. The summed E-state index contributed by atoms with van der Waals surface area (Å²) in [5, 5.41) is 0. The summed E-state index contributed by atoms with van der Waals surface area (Å²) >= 11 is 0. The molecule has 1 atom stereocenters. The zero-order chi connectivity index (χ0) is 30.9. The highest BCUT2D eigenvalue weighted by molar-refractivity contribution is 7.46. The first kappa shape index (κ1) is 34.2. The van der Waals surface area contributed by atoms with E-state index >= 15 is 0 Å². The van der Waals surface area contributed by atoms with Crippen LogP contribution in [0, 0.1) is 5.92 Å². The van der Waals surface area contributed by atoms with E-state index in [0.717, 1.165) is 25.7 Å². The van der Waals surface area contributed by atoms with Crippen molar-refractivity contribution < 1.29 is 57.0 Å². The SMILES string of the molecule is COC1=C(OC)C(=O)C(CCCCCCCCC(COP(=O)(O)O)C2=C(C)C(=O)C(OC)=C(OC)C2=O)=C(C)C1=O. The first-order valence-corrected chi connectivity index (χ1v) is 14.8. The van der Waals surface area contributed by atoms with Gasteiger partial charge in [-0.25, -0.2) is 4.57 Å². The fourth-order valence-corrected chi connectivity index (χ4v) is 5.42. The van der Waals surface area contributed by atoms with Crippen LogP contribution < -0.4 is 0 Å². The Kier molecular flexibility index (Phi) is 12.7. The predicted octanol–water partition coefficient (Wildman–Crippen LogP) is 3.78. The molecule has 2 N–H and O–H groups in total. The first-order valence-electron chi connectivity index (χ1n) is 13.3. The molecule has 2 aliphatic carbocycles. The van der Waals surface area contributed by atoms with Gasteiger partial charge >= 0.3 is 7.82 Å². The van der Waals surface area contributed by atoms with Crippen molar-refractivity contribution in [1.82, 2.24) is 0 Å². The fraction of sp³-hybridized carbons (Fsp3) is 0.571. The number of Topliss-reactive ketones (excluding diaryl/α,β-unsaturated/α-hetero) is 4. The second-order valence-electron chi connectivity index (χ2n) is 9.73. The third kappa shape index (κ3) is 8.25. The molecule has 0 radical (unpaired) electrons. The zero-order valence-electron chi connectivity index (χ0n) is 24.4. The Hall–Kier alpha value is -3.05. The molecular weight excluding hydrogens is 559 g/mol. The molecule has 41 heavy (non-hydrogen) atoms. The van der Waals surface area contributed by atoms with Crippen molar-refractivity contribution in [3.63, 3.8) is 0 Å². The maximum atomic E-state index is 13.1. The summed E-state index contributed by atoms with van der Waals surface area (Å²) in [5.74, 6) is -3.18. The van der Waals surface area contributed by atoms with Crippen molar-refractivity contribution in [1.29, 1.82) is 0 Å². The minimum absolute atomic E-state index is 0.0783. The summed E-state index contributed by atoms with van der Waals surface area (Å²) in [6, 6.07) is 0. The van der Waals surface area contributed by atoms with Gasteiger partial charge in [0.1, 0.15) is 0 Å². The van der Waals surface area contributed by atoms with Crippen LogP contribution in [-0.2, 0) is 47.2 Å². The van der Waals surface area contributed by atoms with Crippen molar-refractivity contribution in [3.05, 3.63) is 45.3 Å². The van der Waals surface area contributed by atoms with Crippen LogP contribution in [-0.4, -0.2) is 68.0 Å². The second kappa shape index (κ2) is 15.3. The van der Waals surface area contributed by atoms with Crippen LogP contribution in [0.2, 0.25) is 0 Å². The van der Waals surface area contributed by atoms with Crippen molar-refractivity contribution in [2.75, 3.05) is 35.0 Å². The van der Waals surface area contributed by atoms with Crippen LogP contribution in [0.15, 0.2) is 45.3 Å². The molecule has 0 saturated heterocycles. The van der Waals surface area contributed by atoms with Gasteiger partial charge in [-0.2, -0.15) is 0 Å². The molecule has 12 nitrogen and oxygen atoms in total. The average Bonchev–Trinajstić information content (AvgIpc) is 2.92. The zero-order valence-corrected chi connectivity index (χ0v) is 25.3. The van der Waals surface area contributed by atoms with E-state index < -0.39 is 31.9 Å². The fourth-order valence-electron chi connectivity index (χ4n) is 5.04. The standard InChI is InChI=1S/C28H39O12P/c1-16-19(23(31)27(38-5)25(36-3)21(16)29)14-12-10-8-7-9-11-13-18(15-40-41(33,34)35)20-17(2)22(30)26(37-4)28(39-6)24(20)32/h18H,7-15H2,1-6H3,(H2,33,34,35). The second-order valence-corrected chi connectivity index (χ2v) is 11.0. The molecule has 2 rings (SSSR count). The average molecular weight is 599 g/mol. The Balaban J connectivity index is 1.94. The van der Waals surface area contributed by atoms with E-state index in [2.05, 4.69) is 0 Å². The molecule has 0 spiro atoms. The van der Waals surface area contributed by atoms with E-state index in [-0.39, 0.29) is 45.7 Å². The van der Waals surface area contributed by atoms with E-state index in [1.807, 2.05) is 0 Å². The van der Waals surface area contributed by atoms with Crippen LogP contribution in [0.4, 0.5) is 0 Å². The molecular formula is C28H39O12P. The quantitative estimate of drug-likeness (QED) is 0.141. The summed E-state index contributed by atoms with van der Waals surface area (Å²) in [6.45, 7) is 2.63. The number of methoxy groups -OCH3 is 4. The monoisotopic (exact) mass is 598 g/mol. The third-order valence-corrected chi connectivity index (χ3v) is 7.68. The number of carbonyl (C=O) groups is 4. The largest absolute Gasteiger partial charge is 0.489 e. The van der Waals surface area contributed by atoms with Crippen LogP contribution >= 0.6 is 7.82 Å². The number of phosphoric ester groups is 1. The molecule has 0 aromatic carbocycles. The topological polar surface area (TPSA) is 172 Å². The third-order valence-electron chi connectivity index (χ3n) is 7.19. The number of hydrogen-bond acceptors (Lipinski definition) is 10. The van der Waals surface area contributed by atoms with Crippen molar-refractivity contribution in [2.45, 2.75) is 65.2 Å². The van der Waals surface area contributed by atoms with Crippen LogP contribution in [0.1, 0.15) is 65.2 Å². The molecule has 0 amide bonds. The van der Waals surface area contributed by atoms with Crippen LogP contribution in [0.3, 0.4) is 0 Å². The summed E-state index contributed by atoms with van der Waals surface area (Å²) in [4.78, 5) is 69.6. The van der Waals surface area contributed by atoms with Crippen molar-refractivity contribution in [3.8, 4) is 0 Å². The van der Waals surface area contributed by atoms with E-state index in [9.17, 15) is 33.5 Å². The molecule has 2 aliphatic rings. The van der Waals surface area contributed by atoms with Crippen molar-refractivity contribution in [2.24, 2.45) is 5.92 Å². The van der Waals surface area contributed by atoms with Crippen LogP contribution in [0.5, 0.6) is 0 Å². The van der Waals surface area contributed by atoms with E-state index in [1.165, 1.54) is 35.4 Å².